The summed E-state index contributed by atoms with van der Waals surface area (Å²) in [5.41, 5.74) is 3.34. The Balaban J connectivity index is 1.21. The van der Waals surface area contributed by atoms with E-state index >= 15 is 0 Å². The van der Waals surface area contributed by atoms with Gasteiger partial charge >= 0.3 is 5.76 Å². The van der Waals surface area contributed by atoms with Gasteiger partial charge < -0.3 is 9.32 Å². The third kappa shape index (κ3) is 3.99. The highest BCUT2D eigenvalue weighted by Crippen LogP contribution is 2.24. The smallest absolute Gasteiger partial charge is 0.408 e. The Morgan fingerprint density at radius 3 is 2.56 bits per heavy atom. The standard InChI is InChI=1S/C24H24N4O3S/c1-17(28-20-9-5-6-10-21(20)31-24(28)30)23(29)27-13-11-26(12-14-27)15-19-16-32-22(25-19)18-7-3-2-4-8-18/h2-10,16-17H,11-15H2,1H3. The monoisotopic (exact) mass is 448 g/mol. The molecule has 1 saturated heterocycles. The minimum absolute atomic E-state index is 0.0571. The number of benzene rings is 2. The lowest BCUT2D eigenvalue weighted by molar-refractivity contribution is -0.136. The number of para-hydroxylation sites is 2. The van der Waals surface area contributed by atoms with E-state index in [2.05, 4.69) is 22.4 Å². The number of thiazole rings is 1. The van der Waals surface area contributed by atoms with Gasteiger partial charge in [0.15, 0.2) is 5.58 Å². The van der Waals surface area contributed by atoms with Crippen LogP contribution in [0.5, 0.6) is 0 Å². The van der Waals surface area contributed by atoms with Crippen molar-refractivity contribution >= 4 is 28.3 Å². The molecule has 2 aromatic carbocycles. The second kappa shape index (κ2) is 8.72. The molecule has 0 aliphatic carbocycles. The summed E-state index contributed by atoms with van der Waals surface area (Å²) in [4.78, 5) is 34.4. The second-order valence-corrected chi connectivity index (χ2v) is 8.85. The minimum Gasteiger partial charge on any atom is -0.408 e. The molecular weight excluding hydrogens is 424 g/mol. The van der Waals surface area contributed by atoms with Crippen LogP contribution in [-0.4, -0.2) is 51.4 Å². The van der Waals surface area contributed by atoms with E-state index in [1.54, 1.807) is 30.4 Å². The number of rotatable bonds is 5. The normalized spacial score (nSPS) is 15.8. The molecule has 3 heterocycles. The molecule has 5 rings (SSSR count). The van der Waals surface area contributed by atoms with Crippen molar-refractivity contribution in [3.05, 3.63) is 76.2 Å². The van der Waals surface area contributed by atoms with E-state index in [9.17, 15) is 9.59 Å². The highest BCUT2D eigenvalue weighted by molar-refractivity contribution is 7.13. The number of carbonyl (C=O) groups excluding carboxylic acids is 1. The molecule has 2 aromatic heterocycles. The van der Waals surface area contributed by atoms with Gasteiger partial charge in [0.05, 0.1) is 11.2 Å². The van der Waals surface area contributed by atoms with Gasteiger partial charge in [-0.15, -0.1) is 11.3 Å². The average molecular weight is 449 g/mol. The van der Waals surface area contributed by atoms with Crippen LogP contribution < -0.4 is 5.76 Å². The van der Waals surface area contributed by atoms with Crippen LogP contribution in [-0.2, 0) is 11.3 Å². The van der Waals surface area contributed by atoms with E-state index in [0.29, 0.717) is 24.2 Å². The lowest BCUT2D eigenvalue weighted by Gasteiger charge is -2.35. The predicted molar refractivity (Wildman–Crippen MR) is 125 cm³/mol. The molecule has 0 spiro atoms. The molecule has 0 N–H and O–H groups in total. The van der Waals surface area contributed by atoms with Gasteiger partial charge in [-0.2, -0.15) is 0 Å². The summed E-state index contributed by atoms with van der Waals surface area (Å²) >= 11 is 1.66. The molecule has 1 fully saturated rings. The van der Waals surface area contributed by atoms with Crippen LogP contribution >= 0.6 is 11.3 Å². The average Bonchev–Trinajstić information content (AvgIpc) is 3.43. The molecule has 0 bridgehead atoms. The molecule has 1 aliphatic heterocycles. The molecule has 1 atom stereocenters. The molecule has 1 aliphatic rings. The van der Waals surface area contributed by atoms with E-state index in [-0.39, 0.29) is 5.91 Å². The number of hydrogen-bond acceptors (Lipinski definition) is 6. The number of amides is 1. The van der Waals surface area contributed by atoms with Gasteiger partial charge in [-0.1, -0.05) is 42.5 Å². The lowest BCUT2D eigenvalue weighted by Crippen LogP contribution is -2.50. The highest BCUT2D eigenvalue weighted by atomic mass is 32.1. The topological polar surface area (TPSA) is 71.6 Å². The Kier molecular flexibility index (Phi) is 5.63. The van der Waals surface area contributed by atoms with E-state index in [1.807, 2.05) is 35.2 Å². The van der Waals surface area contributed by atoms with E-state index in [4.69, 9.17) is 9.40 Å². The van der Waals surface area contributed by atoms with Crippen LogP contribution in [0, 0.1) is 0 Å². The molecule has 8 heteroatoms. The summed E-state index contributed by atoms with van der Waals surface area (Å²) in [5, 5.41) is 3.14. The van der Waals surface area contributed by atoms with Gasteiger partial charge in [0, 0.05) is 43.7 Å². The molecular formula is C24H24N4O3S. The predicted octanol–water partition coefficient (Wildman–Crippen LogP) is 3.62. The van der Waals surface area contributed by atoms with Crippen LogP contribution in [0.15, 0.2) is 69.2 Å². The zero-order valence-corrected chi connectivity index (χ0v) is 18.6. The van der Waals surface area contributed by atoms with Crippen LogP contribution in [0.25, 0.3) is 21.7 Å². The number of piperazine rings is 1. The van der Waals surface area contributed by atoms with Gasteiger partial charge in [0.25, 0.3) is 0 Å². The summed E-state index contributed by atoms with van der Waals surface area (Å²) < 4.78 is 6.75. The summed E-state index contributed by atoms with van der Waals surface area (Å²) in [6.07, 6.45) is 0. The van der Waals surface area contributed by atoms with Crippen molar-refractivity contribution in [2.45, 2.75) is 19.5 Å². The van der Waals surface area contributed by atoms with Crippen molar-refractivity contribution in [3.63, 3.8) is 0 Å². The van der Waals surface area contributed by atoms with Crippen molar-refractivity contribution in [2.75, 3.05) is 26.2 Å². The maximum absolute atomic E-state index is 13.1. The van der Waals surface area contributed by atoms with E-state index in [1.165, 1.54) is 4.57 Å². The van der Waals surface area contributed by atoms with Gasteiger partial charge in [0.1, 0.15) is 11.0 Å². The van der Waals surface area contributed by atoms with Crippen molar-refractivity contribution in [1.82, 2.24) is 19.4 Å². The maximum Gasteiger partial charge on any atom is 0.420 e. The van der Waals surface area contributed by atoms with E-state index in [0.717, 1.165) is 35.9 Å². The number of aromatic nitrogens is 2. The zero-order valence-electron chi connectivity index (χ0n) is 17.8. The van der Waals surface area contributed by atoms with Gasteiger partial charge in [-0.3, -0.25) is 14.3 Å². The summed E-state index contributed by atoms with van der Waals surface area (Å²) in [5.74, 6) is -0.554. The Morgan fingerprint density at radius 1 is 1.06 bits per heavy atom. The molecule has 1 amide bonds. The molecule has 1 unspecified atom stereocenters. The fourth-order valence-corrected chi connectivity index (χ4v) is 4.99. The van der Waals surface area contributed by atoms with Crippen molar-refractivity contribution in [1.29, 1.82) is 0 Å². The molecule has 0 saturated carbocycles. The molecule has 32 heavy (non-hydrogen) atoms. The molecule has 4 aromatic rings. The summed E-state index contributed by atoms with van der Waals surface area (Å²) in [6.45, 7) is 5.34. The Morgan fingerprint density at radius 2 is 1.78 bits per heavy atom. The first-order valence-corrected chi connectivity index (χ1v) is 11.6. The van der Waals surface area contributed by atoms with Crippen molar-refractivity contribution in [3.8, 4) is 10.6 Å². The number of hydrogen-bond donors (Lipinski definition) is 0. The maximum atomic E-state index is 13.1. The van der Waals surface area contributed by atoms with Crippen LogP contribution in [0.1, 0.15) is 18.7 Å². The SMILES string of the molecule is CC(C(=O)N1CCN(Cc2csc(-c3ccccc3)n2)CC1)n1c(=O)oc2ccccc21. The van der Waals surface area contributed by atoms with Crippen LogP contribution in [0.2, 0.25) is 0 Å². The van der Waals surface area contributed by atoms with Gasteiger partial charge in [-0.05, 0) is 19.1 Å². The van der Waals surface area contributed by atoms with Crippen LogP contribution in [0.4, 0.5) is 0 Å². The Hall–Kier alpha value is -3.23. The largest absolute Gasteiger partial charge is 0.420 e. The third-order valence-corrected chi connectivity index (χ3v) is 6.85. The number of oxazole rings is 1. The van der Waals surface area contributed by atoms with Gasteiger partial charge in [0.2, 0.25) is 5.91 Å². The number of nitrogens with zero attached hydrogens (tertiary/aromatic N) is 4. The third-order valence-electron chi connectivity index (χ3n) is 5.91. The quantitative estimate of drug-likeness (QED) is 0.466. The lowest BCUT2D eigenvalue weighted by atomic mass is 10.2. The first kappa shape index (κ1) is 20.7. The van der Waals surface area contributed by atoms with Crippen LogP contribution in [0.3, 0.4) is 0 Å². The first-order valence-electron chi connectivity index (χ1n) is 10.7. The minimum atomic E-state index is -0.607. The zero-order chi connectivity index (χ0) is 22.1. The fraction of sp³-hybridized carbons (Fsp3) is 0.292. The van der Waals surface area contributed by atoms with E-state index < -0.39 is 11.8 Å². The van der Waals surface area contributed by atoms with Crippen molar-refractivity contribution in [2.24, 2.45) is 0 Å². The van der Waals surface area contributed by atoms with Crippen molar-refractivity contribution < 1.29 is 9.21 Å². The molecule has 0 radical (unpaired) electrons. The molecule has 164 valence electrons. The molecule has 7 nitrogen and oxygen atoms in total. The summed E-state index contributed by atoms with van der Waals surface area (Å²) in [6, 6.07) is 16.8. The fourth-order valence-electron chi connectivity index (χ4n) is 4.17. The highest BCUT2D eigenvalue weighted by Gasteiger charge is 2.28. The first-order chi connectivity index (χ1) is 15.6. The number of fused-ring (bicyclic) bond motifs is 1. The Labute approximate surface area is 189 Å². The van der Waals surface area contributed by atoms with Gasteiger partial charge in [-0.25, -0.2) is 9.78 Å². The summed E-state index contributed by atoms with van der Waals surface area (Å²) in [7, 11) is 0. The Bertz CT molecular complexity index is 1290. The second-order valence-electron chi connectivity index (χ2n) is 7.99. The number of carbonyl (C=O) groups is 1.